The molecule has 4 aromatic rings. The summed E-state index contributed by atoms with van der Waals surface area (Å²) in [7, 11) is 0. The molecule has 6 nitrogen and oxygen atoms in total. The maximum absolute atomic E-state index is 12.8. The van der Waals surface area contributed by atoms with Crippen LogP contribution in [0.1, 0.15) is 20.7 Å². The summed E-state index contributed by atoms with van der Waals surface area (Å²) < 4.78 is 1.97. The Hall–Kier alpha value is -3.06. The van der Waals surface area contributed by atoms with Crippen molar-refractivity contribution in [3.63, 3.8) is 0 Å². The molecule has 2 heterocycles. The number of imide groups is 1. The smallest absolute Gasteiger partial charge is 0.259 e. The van der Waals surface area contributed by atoms with Gasteiger partial charge in [-0.3, -0.25) is 14.9 Å². The van der Waals surface area contributed by atoms with Gasteiger partial charge in [-0.2, -0.15) is 0 Å². The topological polar surface area (TPSA) is 97.3 Å². The Morgan fingerprint density at radius 3 is 2.33 bits per heavy atom. The molecular weight excluding hydrogens is 425 g/mol. The molecule has 0 fully saturated rings. The van der Waals surface area contributed by atoms with Crippen LogP contribution in [0.4, 0.5) is 0 Å². The minimum absolute atomic E-state index is 0.0611. The van der Waals surface area contributed by atoms with Crippen LogP contribution in [0, 0.1) is 0 Å². The third-order valence-corrected chi connectivity index (χ3v) is 6.03. The number of phenols is 1. The molecule has 150 valence electrons. The van der Waals surface area contributed by atoms with Crippen LogP contribution in [0.15, 0.2) is 42.5 Å². The number of halogens is 2. The van der Waals surface area contributed by atoms with E-state index in [0.717, 1.165) is 5.52 Å². The lowest BCUT2D eigenvalue weighted by molar-refractivity contribution is 0.0880. The first-order valence-electron chi connectivity index (χ1n) is 9.24. The number of carbonyl (C=O) groups is 2. The molecule has 30 heavy (non-hydrogen) atoms. The summed E-state index contributed by atoms with van der Waals surface area (Å²) in [5.41, 5.74) is 8.77. The number of amides is 2. The van der Waals surface area contributed by atoms with Crippen molar-refractivity contribution >= 4 is 56.8 Å². The van der Waals surface area contributed by atoms with E-state index in [1.807, 2.05) is 10.6 Å². The zero-order valence-electron chi connectivity index (χ0n) is 15.5. The number of phenolic OH excluding ortho intramolecular Hbond substituents is 1. The van der Waals surface area contributed by atoms with Crippen LogP contribution in [0.2, 0.25) is 10.0 Å². The fourth-order valence-corrected chi connectivity index (χ4v) is 4.86. The molecule has 1 aliphatic heterocycles. The SMILES string of the molecule is NCCn1c2ccc(O)cc2c2c3c(c(-c4c(Cl)cccc4Cl)cc21)C(=O)NC3=O. The van der Waals surface area contributed by atoms with Crippen molar-refractivity contribution in [3.8, 4) is 16.9 Å². The standard InChI is InChI=1S/C22H15Cl2N3O3/c23-13-2-1-3-14(24)17(13)12-9-16-18(20-19(12)21(29)26-22(20)30)11-8-10(28)4-5-15(11)27(16)7-6-25/h1-5,8-9,28H,6-7,25H2,(H,26,29,30). The number of nitrogens with zero attached hydrogens (tertiary/aromatic N) is 1. The molecule has 2 amide bonds. The van der Waals surface area contributed by atoms with Crippen LogP contribution < -0.4 is 11.1 Å². The minimum Gasteiger partial charge on any atom is -0.508 e. The second-order valence-corrected chi connectivity index (χ2v) is 7.90. The molecule has 5 rings (SSSR count). The summed E-state index contributed by atoms with van der Waals surface area (Å²) in [4.78, 5) is 25.6. The van der Waals surface area contributed by atoms with Gasteiger partial charge in [0.15, 0.2) is 0 Å². The molecule has 0 radical (unpaired) electrons. The van der Waals surface area contributed by atoms with Crippen LogP contribution >= 0.6 is 23.2 Å². The lowest BCUT2D eigenvalue weighted by Crippen LogP contribution is -2.20. The van der Waals surface area contributed by atoms with Gasteiger partial charge in [0.05, 0.1) is 16.6 Å². The number of benzene rings is 3. The van der Waals surface area contributed by atoms with Crippen molar-refractivity contribution in [3.05, 3.63) is 63.6 Å². The van der Waals surface area contributed by atoms with Gasteiger partial charge >= 0.3 is 0 Å². The first-order chi connectivity index (χ1) is 14.4. The highest BCUT2D eigenvalue weighted by molar-refractivity contribution is 6.41. The summed E-state index contributed by atoms with van der Waals surface area (Å²) in [5.74, 6) is -0.950. The summed E-state index contributed by atoms with van der Waals surface area (Å²) >= 11 is 12.9. The predicted octanol–water partition coefficient (Wildman–Crippen LogP) is 4.32. The largest absolute Gasteiger partial charge is 0.508 e. The van der Waals surface area contributed by atoms with Crippen LogP contribution in [-0.2, 0) is 6.54 Å². The number of aromatic nitrogens is 1. The maximum atomic E-state index is 12.8. The highest BCUT2D eigenvalue weighted by Gasteiger charge is 2.35. The monoisotopic (exact) mass is 439 g/mol. The van der Waals surface area contributed by atoms with Crippen LogP contribution in [0.5, 0.6) is 5.75 Å². The van der Waals surface area contributed by atoms with Gasteiger partial charge in [-0.05, 0) is 36.4 Å². The van der Waals surface area contributed by atoms with E-state index >= 15 is 0 Å². The molecule has 4 N–H and O–H groups in total. The molecule has 0 unspecified atom stereocenters. The van der Waals surface area contributed by atoms with Crippen LogP contribution in [0.25, 0.3) is 32.9 Å². The van der Waals surface area contributed by atoms with E-state index in [0.29, 0.717) is 50.6 Å². The summed E-state index contributed by atoms with van der Waals surface area (Å²) in [6.45, 7) is 0.846. The van der Waals surface area contributed by atoms with Gasteiger partial charge < -0.3 is 15.4 Å². The van der Waals surface area contributed by atoms with Crippen molar-refractivity contribution in [2.24, 2.45) is 5.73 Å². The fraction of sp³-hybridized carbons (Fsp3) is 0.0909. The number of nitrogens with one attached hydrogen (secondary N) is 1. The number of nitrogens with two attached hydrogens (primary N) is 1. The van der Waals surface area contributed by atoms with Gasteiger partial charge in [0.1, 0.15) is 5.75 Å². The highest BCUT2D eigenvalue weighted by atomic mass is 35.5. The van der Waals surface area contributed by atoms with E-state index in [-0.39, 0.29) is 16.9 Å². The molecule has 0 atom stereocenters. The van der Waals surface area contributed by atoms with Crippen molar-refractivity contribution in [1.82, 2.24) is 9.88 Å². The Bertz CT molecular complexity index is 1390. The minimum atomic E-state index is -0.511. The number of carbonyl (C=O) groups excluding carboxylic acids is 2. The van der Waals surface area contributed by atoms with Gasteiger partial charge in [-0.15, -0.1) is 0 Å². The van der Waals surface area contributed by atoms with Gasteiger partial charge in [-0.1, -0.05) is 29.3 Å². The quantitative estimate of drug-likeness (QED) is 0.414. The summed E-state index contributed by atoms with van der Waals surface area (Å²) in [6, 6.07) is 11.8. The zero-order chi connectivity index (χ0) is 21.2. The third-order valence-electron chi connectivity index (χ3n) is 5.40. The normalized spacial score (nSPS) is 13.3. The van der Waals surface area contributed by atoms with Crippen molar-refractivity contribution in [1.29, 1.82) is 0 Å². The van der Waals surface area contributed by atoms with Crippen LogP contribution in [-0.4, -0.2) is 28.0 Å². The van der Waals surface area contributed by atoms with E-state index < -0.39 is 11.8 Å². The fourth-order valence-electron chi connectivity index (χ4n) is 4.26. The lowest BCUT2D eigenvalue weighted by atomic mass is 9.92. The molecule has 8 heteroatoms. The van der Waals surface area contributed by atoms with E-state index in [9.17, 15) is 14.7 Å². The molecule has 1 aliphatic rings. The third kappa shape index (κ3) is 2.55. The lowest BCUT2D eigenvalue weighted by Gasteiger charge is -2.13. The number of rotatable bonds is 3. The van der Waals surface area contributed by atoms with Crippen molar-refractivity contribution in [2.45, 2.75) is 6.54 Å². The van der Waals surface area contributed by atoms with Gasteiger partial charge in [0, 0.05) is 50.6 Å². The summed E-state index contributed by atoms with van der Waals surface area (Å²) in [6.07, 6.45) is 0. The zero-order valence-corrected chi connectivity index (χ0v) is 17.0. The van der Waals surface area contributed by atoms with Gasteiger partial charge in [0.25, 0.3) is 11.8 Å². The van der Waals surface area contributed by atoms with E-state index in [1.54, 1.807) is 36.4 Å². The van der Waals surface area contributed by atoms with Crippen molar-refractivity contribution in [2.75, 3.05) is 6.54 Å². The molecule has 0 bridgehead atoms. The Balaban J connectivity index is 2.04. The Labute approximate surface area is 180 Å². The maximum Gasteiger partial charge on any atom is 0.259 e. The average molecular weight is 440 g/mol. The first-order valence-corrected chi connectivity index (χ1v) is 10.00. The van der Waals surface area contributed by atoms with Crippen LogP contribution in [0.3, 0.4) is 0 Å². The van der Waals surface area contributed by atoms with Gasteiger partial charge in [-0.25, -0.2) is 0 Å². The number of aromatic hydroxyl groups is 1. The van der Waals surface area contributed by atoms with E-state index in [4.69, 9.17) is 28.9 Å². The average Bonchev–Trinajstić information content (AvgIpc) is 3.16. The Kier molecular flexibility index (Phi) is 4.25. The molecule has 1 aromatic heterocycles. The molecule has 0 spiro atoms. The summed E-state index contributed by atoms with van der Waals surface area (Å²) in [5, 5.41) is 14.4. The highest BCUT2D eigenvalue weighted by Crippen LogP contribution is 2.44. The second-order valence-electron chi connectivity index (χ2n) is 7.09. The van der Waals surface area contributed by atoms with E-state index in [1.165, 1.54) is 0 Å². The van der Waals surface area contributed by atoms with Gasteiger partial charge in [0.2, 0.25) is 0 Å². The first kappa shape index (κ1) is 18.9. The molecule has 3 aromatic carbocycles. The Morgan fingerprint density at radius 2 is 1.63 bits per heavy atom. The van der Waals surface area contributed by atoms with E-state index in [2.05, 4.69) is 5.32 Å². The molecular formula is C22H15Cl2N3O3. The van der Waals surface area contributed by atoms with Crippen molar-refractivity contribution < 1.29 is 14.7 Å². The molecule has 0 saturated carbocycles. The molecule has 0 aliphatic carbocycles. The Morgan fingerprint density at radius 1 is 0.933 bits per heavy atom. The number of hydrogen-bond donors (Lipinski definition) is 3. The predicted molar refractivity (Wildman–Crippen MR) is 117 cm³/mol. The number of fused-ring (bicyclic) bond motifs is 5. The number of hydrogen-bond acceptors (Lipinski definition) is 4. The second kappa shape index (κ2) is 6.74. The molecule has 0 saturated heterocycles.